The van der Waals surface area contributed by atoms with E-state index in [0.29, 0.717) is 16.0 Å². The first-order valence-corrected chi connectivity index (χ1v) is 5.37. The van der Waals surface area contributed by atoms with E-state index < -0.39 is 0 Å². The van der Waals surface area contributed by atoms with E-state index in [1.54, 1.807) is 42.3 Å². The molecule has 82 valence electrons. The molecule has 2 heterocycles. The fraction of sp³-hybridized carbons (Fsp3) is 0.100. The van der Waals surface area contributed by atoms with Crippen LogP contribution in [0.2, 0.25) is 0 Å². The Morgan fingerprint density at radius 3 is 2.94 bits per heavy atom. The number of anilines is 1. The number of nitrogens with one attached hydrogen (secondary N) is 1. The number of aromatic nitrogens is 3. The molecule has 5 nitrogen and oxygen atoms in total. The second-order valence-corrected chi connectivity index (χ2v) is 4.01. The van der Waals surface area contributed by atoms with Crippen LogP contribution < -0.4 is 5.32 Å². The molecule has 0 aliphatic heterocycles. The van der Waals surface area contributed by atoms with Gasteiger partial charge >= 0.3 is 0 Å². The second-order valence-electron chi connectivity index (χ2n) is 3.20. The molecular weight excluding hydrogens is 272 g/mol. The molecule has 16 heavy (non-hydrogen) atoms. The third-order valence-electron chi connectivity index (χ3n) is 1.91. The molecule has 0 saturated heterocycles. The number of carbonyl (C=O) groups excluding carboxylic acids is 1. The van der Waals surface area contributed by atoms with Crippen molar-refractivity contribution < 1.29 is 4.79 Å². The summed E-state index contributed by atoms with van der Waals surface area (Å²) in [6.07, 6.45) is 3.30. The first-order valence-electron chi connectivity index (χ1n) is 4.58. The van der Waals surface area contributed by atoms with Crippen LogP contribution in [0.4, 0.5) is 5.69 Å². The van der Waals surface area contributed by atoms with Crippen molar-refractivity contribution in [2.75, 3.05) is 5.32 Å². The summed E-state index contributed by atoms with van der Waals surface area (Å²) in [5, 5.41) is 6.65. The summed E-state index contributed by atoms with van der Waals surface area (Å²) in [4.78, 5) is 15.8. The summed E-state index contributed by atoms with van der Waals surface area (Å²) in [6, 6.07) is 5.17. The fourth-order valence-electron chi connectivity index (χ4n) is 1.22. The van der Waals surface area contributed by atoms with Crippen molar-refractivity contribution in [3.05, 3.63) is 40.9 Å². The Kier molecular flexibility index (Phi) is 3.00. The Hall–Kier alpha value is -1.69. The molecule has 1 amide bonds. The van der Waals surface area contributed by atoms with Crippen LogP contribution in [0.1, 0.15) is 10.5 Å². The molecule has 0 saturated carbocycles. The number of aryl methyl sites for hydroxylation is 1. The van der Waals surface area contributed by atoms with E-state index in [-0.39, 0.29) is 5.91 Å². The highest BCUT2D eigenvalue weighted by molar-refractivity contribution is 9.10. The number of amides is 1. The van der Waals surface area contributed by atoms with Gasteiger partial charge in [0.25, 0.3) is 5.91 Å². The van der Waals surface area contributed by atoms with Gasteiger partial charge in [0.1, 0.15) is 10.3 Å². The minimum absolute atomic E-state index is 0.255. The quantitative estimate of drug-likeness (QED) is 0.854. The lowest BCUT2D eigenvalue weighted by molar-refractivity contribution is 0.102. The first kappa shape index (κ1) is 10.8. The third kappa shape index (κ3) is 2.46. The van der Waals surface area contributed by atoms with Crippen molar-refractivity contribution in [2.24, 2.45) is 7.05 Å². The van der Waals surface area contributed by atoms with Crippen LogP contribution in [0.3, 0.4) is 0 Å². The topological polar surface area (TPSA) is 59.8 Å². The van der Waals surface area contributed by atoms with Gasteiger partial charge in [0.15, 0.2) is 0 Å². The fourth-order valence-corrected chi connectivity index (χ4v) is 1.56. The van der Waals surface area contributed by atoms with Crippen LogP contribution in [0, 0.1) is 0 Å². The van der Waals surface area contributed by atoms with Crippen molar-refractivity contribution in [2.45, 2.75) is 0 Å². The van der Waals surface area contributed by atoms with Gasteiger partial charge in [0.05, 0.1) is 11.9 Å². The van der Waals surface area contributed by atoms with Crippen LogP contribution in [0.5, 0.6) is 0 Å². The molecule has 0 spiro atoms. The normalized spacial score (nSPS) is 10.1. The predicted molar refractivity (Wildman–Crippen MR) is 63.1 cm³/mol. The Bertz CT molecular complexity index is 523. The van der Waals surface area contributed by atoms with Gasteiger partial charge in [0, 0.05) is 13.2 Å². The van der Waals surface area contributed by atoms with E-state index in [4.69, 9.17) is 0 Å². The monoisotopic (exact) mass is 280 g/mol. The molecule has 0 fully saturated rings. The number of hydrogen-bond donors (Lipinski definition) is 1. The Morgan fingerprint density at radius 2 is 2.31 bits per heavy atom. The summed E-state index contributed by atoms with van der Waals surface area (Å²) in [5.41, 5.74) is 1.01. The van der Waals surface area contributed by atoms with Crippen LogP contribution in [-0.2, 0) is 7.05 Å². The zero-order chi connectivity index (χ0) is 11.5. The zero-order valence-corrected chi connectivity index (χ0v) is 10.1. The summed E-state index contributed by atoms with van der Waals surface area (Å²) in [5.74, 6) is -0.255. The number of nitrogens with zero attached hydrogens (tertiary/aromatic N) is 3. The number of hydrogen-bond acceptors (Lipinski definition) is 3. The summed E-state index contributed by atoms with van der Waals surface area (Å²) >= 11 is 3.21. The number of rotatable bonds is 2. The van der Waals surface area contributed by atoms with Crippen LogP contribution in [0.15, 0.2) is 35.2 Å². The Labute approximate surface area is 101 Å². The molecule has 0 unspecified atom stereocenters. The average molecular weight is 281 g/mol. The molecule has 0 bridgehead atoms. The number of halogens is 1. The maximum atomic E-state index is 11.7. The zero-order valence-electron chi connectivity index (χ0n) is 8.51. The highest BCUT2D eigenvalue weighted by Crippen LogP contribution is 2.09. The lowest BCUT2D eigenvalue weighted by atomic mass is 10.3. The second kappa shape index (κ2) is 4.44. The molecule has 1 N–H and O–H groups in total. The molecule has 0 aromatic carbocycles. The van der Waals surface area contributed by atoms with Gasteiger partial charge in [-0.25, -0.2) is 4.98 Å². The molecule has 0 aliphatic carbocycles. The lowest BCUT2D eigenvalue weighted by Crippen LogP contribution is -2.13. The molecule has 0 aliphatic rings. The molecule has 0 atom stereocenters. The Balaban J connectivity index is 2.14. The number of pyridine rings is 1. The summed E-state index contributed by atoms with van der Waals surface area (Å²) < 4.78 is 2.25. The van der Waals surface area contributed by atoms with Crippen LogP contribution >= 0.6 is 15.9 Å². The predicted octanol–water partition coefficient (Wildman–Crippen LogP) is 1.83. The standard InChI is InChI=1S/C10H9BrN4O/c1-15-6-7(5-12-15)13-10(16)8-3-2-4-9(11)14-8/h2-6H,1H3,(H,13,16). The molecule has 2 aromatic heterocycles. The average Bonchev–Trinajstić information content (AvgIpc) is 2.64. The molecule has 0 radical (unpaired) electrons. The van der Waals surface area contributed by atoms with Crippen LogP contribution in [0.25, 0.3) is 0 Å². The highest BCUT2D eigenvalue weighted by Gasteiger charge is 2.08. The van der Waals surface area contributed by atoms with E-state index >= 15 is 0 Å². The maximum absolute atomic E-state index is 11.7. The summed E-state index contributed by atoms with van der Waals surface area (Å²) in [6.45, 7) is 0. The van der Waals surface area contributed by atoms with Gasteiger partial charge in [-0.2, -0.15) is 5.10 Å². The lowest BCUT2D eigenvalue weighted by Gasteiger charge is -2.01. The maximum Gasteiger partial charge on any atom is 0.274 e. The van der Waals surface area contributed by atoms with Gasteiger partial charge in [-0.05, 0) is 28.1 Å². The SMILES string of the molecule is Cn1cc(NC(=O)c2cccc(Br)n2)cn1. The van der Waals surface area contributed by atoms with Gasteiger partial charge < -0.3 is 5.32 Å². The third-order valence-corrected chi connectivity index (χ3v) is 2.35. The molecular formula is C10H9BrN4O. The first-order chi connectivity index (χ1) is 7.65. The minimum atomic E-state index is -0.255. The van der Waals surface area contributed by atoms with Gasteiger partial charge in [-0.15, -0.1) is 0 Å². The largest absolute Gasteiger partial charge is 0.318 e. The highest BCUT2D eigenvalue weighted by atomic mass is 79.9. The molecule has 2 rings (SSSR count). The van der Waals surface area contributed by atoms with Gasteiger partial charge in [-0.1, -0.05) is 6.07 Å². The van der Waals surface area contributed by atoms with E-state index in [1.165, 1.54) is 0 Å². The van der Waals surface area contributed by atoms with Crippen molar-refractivity contribution in [3.8, 4) is 0 Å². The van der Waals surface area contributed by atoms with Crippen molar-refractivity contribution in [3.63, 3.8) is 0 Å². The number of carbonyl (C=O) groups is 1. The van der Waals surface area contributed by atoms with Crippen molar-refractivity contribution >= 4 is 27.5 Å². The van der Waals surface area contributed by atoms with Gasteiger partial charge in [-0.3, -0.25) is 9.48 Å². The Morgan fingerprint density at radius 1 is 1.50 bits per heavy atom. The summed E-state index contributed by atoms with van der Waals surface area (Å²) in [7, 11) is 1.78. The molecule has 6 heteroatoms. The van der Waals surface area contributed by atoms with Gasteiger partial charge in [0.2, 0.25) is 0 Å². The van der Waals surface area contributed by atoms with Crippen molar-refractivity contribution in [1.82, 2.24) is 14.8 Å². The van der Waals surface area contributed by atoms with E-state index in [0.717, 1.165) is 0 Å². The van der Waals surface area contributed by atoms with E-state index in [9.17, 15) is 4.79 Å². The van der Waals surface area contributed by atoms with Crippen LogP contribution in [-0.4, -0.2) is 20.7 Å². The van der Waals surface area contributed by atoms with E-state index in [1.807, 2.05) is 0 Å². The molecule has 2 aromatic rings. The minimum Gasteiger partial charge on any atom is -0.318 e. The van der Waals surface area contributed by atoms with E-state index in [2.05, 4.69) is 31.3 Å². The smallest absolute Gasteiger partial charge is 0.274 e. The van der Waals surface area contributed by atoms with Crippen molar-refractivity contribution in [1.29, 1.82) is 0 Å².